The quantitative estimate of drug-likeness (QED) is 0.188. The van der Waals surface area contributed by atoms with Crippen LogP contribution in [-0.4, -0.2) is 34.7 Å². The first kappa shape index (κ1) is 23.8. The van der Waals surface area contributed by atoms with Crippen LogP contribution in [0.1, 0.15) is 110 Å². The Morgan fingerprint density at radius 3 is 1.29 bits per heavy atom. The third-order valence-corrected chi connectivity index (χ3v) is 4.63. The maximum absolute atomic E-state index is 11.2. The summed E-state index contributed by atoms with van der Waals surface area (Å²) in [4.78, 5) is 0. The molecule has 0 aromatic rings. The molecule has 0 saturated carbocycles. The van der Waals surface area contributed by atoms with Gasteiger partial charge >= 0.3 is 0 Å². The molecule has 0 radical (unpaired) electrons. The third kappa shape index (κ3) is 19.9. The van der Waals surface area contributed by atoms with Gasteiger partial charge in [-0.1, -0.05) is 103 Å². The summed E-state index contributed by atoms with van der Waals surface area (Å²) in [5.74, 6) is 0. The van der Waals surface area contributed by atoms with Gasteiger partial charge in [-0.2, -0.15) is 0 Å². The molecule has 146 valence electrons. The third-order valence-electron chi connectivity index (χ3n) is 4.63. The van der Waals surface area contributed by atoms with Crippen LogP contribution in [0.5, 0.6) is 0 Å². The topological polar surface area (TPSA) is 66.8 Å². The van der Waals surface area contributed by atoms with Crippen LogP contribution in [0.25, 0.3) is 0 Å². The second-order valence-corrected chi connectivity index (χ2v) is 7.17. The summed E-state index contributed by atoms with van der Waals surface area (Å²) >= 11 is 0. The molecular formula is C20H42NO3-. The van der Waals surface area contributed by atoms with Crippen molar-refractivity contribution in [2.75, 3.05) is 13.1 Å². The van der Waals surface area contributed by atoms with Crippen molar-refractivity contribution in [3.05, 3.63) is 5.21 Å². The van der Waals surface area contributed by atoms with Crippen LogP contribution in [0, 0.1) is 5.21 Å². The van der Waals surface area contributed by atoms with E-state index in [1.165, 1.54) is 89.9 Å². The predicted molar refractivity (Wildman–Crippen MR) is 103 cm³/mol. The lowest BCUT2D eigenvalue weighted by Crippen LogP contribution is -2.28. The Kier molecular flexibility index (Phi) is 19.0. The van der Waals surface area contributed by atoms with Gasteiger partial charge in [0.1, 0.15) is 0 Å². The minimum atomic E-state index is -1.51. The molecule has 0 fully saturated rings. The molecule has 0 heterocycles. The first-order chi connectivity index (χ1) is 11.7. The Morgan fingerprint density at radius 2 is 0.958 bits per heavy atom. The van der Waals surface area contributed by atoms with E-state index in [1.807, 2.05) is 0 Å². The second kappa shape index (κ2) is 19.2. The van der Waals surface area contributed by atoms with Crippen molar-refractivity contribution in [1.29, 1.82) is 0 Å². The average molecular weight is 345 g/mol. The molecule has 0 spiro atoms. The molecule has 0 amide bonds. The van der Waals surface area contributed by atoms with E-state index in [0.29, 0.717) is 6.54 Å². The summed E-state index contributed by atoms with van der Waals surface area (Å²) in [6.45, 7) is 2.49. The summed E-state index contributed by atoms with van der Waals surface area (Å²) in [5.41, 5.74) is 0. The van der Waals surface area contributed by atoms with Gasteiger partial charge in [0.25, 0.3) is 0 Å². The fraction of sp³-hybridized carbons (Fsp3) is 1.00. The van der Waals surface area contributed by atoms with Gasteiger partial charge in [0.2, 0.25) is 0 Å². The number of aliphatic hydroxyl groups excluding tert-OH is 1. The summed E-state index contributed by atoms with van der Waals surface area (Å²) in [5, 5.41) is 29.3. The molecule has 0 atom stereocenters. The lowest BCUT2D eigenvalue weighted by molar-refractivity contribution is -0.0542. The molecule has 24 heavy (non-hydrogen) atoms. The van der Waals surface area contributed by atoms with Gasteiger partial charge in [-0.05, 0) is 13.0 Å². The highest BCUT2D eigenvalue weighted by Gasteiger charge is 1.99. The van der Waals surface area contributed by atoms with Crippen molar-refractivity contribution >= 4 is 0 Å². The molecule has 4 heteroatoms. The summed E-state index contributed by atoms with van der Waals surface area (Å²) in [6, 6.07) is 0. The van der Waals surface area contributed by atoms with E-state index in [0.717, 1.165) is 17.9 Å². The van der Waals surface area contributed by atoms with Crippen LogP contribution in [0.2, 0.25) is 0 Å². The number of aliphatic hydroxyl groups is 2. The molecular weight excluding hydrogens is 302 g/mol. The first-order valence-electron chi connectivity index (χ1n) is 10.4. The Balaban J connectivity index is 3.05. The van der Waals surface area contributed by atoms with E-state index in [4.69, 9.17) is 10.2 Å². The smallest absolute Gasteiger partial charge is 0.163 e. The van der Waals surface area contributed by atoms with Crippen molar-refractivity contribution in [3.63, 3.8) is 0 Å². The molecule has 0 unspecified atom stereocenters. The second-order valence-electron chi connectivity index (χ2n) is 7.17. The van der Waals surface area contributed by atoms with Crippen molar-refractivity contribution in [3.8, 4) is 0 Å². The highest BCUT2D eigenvalue weighted by atomic mass is 16.5. The summed E-state index contributed by atoms with van der Waals surface area (Å²) < 4.78 is 0. The van der Waals surface area contributed by atoms with Gasteiger partial charge in [0, 0.05) is 6.54 Å². The highest BCUT2D eigenvalue weighted by molar-refractivity contribution is 4.58. The molecule has 4 nitrogen and oxygen atoms in total. The number of rotatable bonds is 19. The average Bonchev–Trinajstić information content (AvgIpc) is 2.53. The van der Waals surface area contributed by atoms with E-state index in [-0.39, 0.29) is 6.54 Å². The zero-order chi connectivity index (χ0) is 17.9. The monoisotopic (exact) mass is 344 g/mol. The minimum Gasteiger partial charge on any atom is -0.785 e. The Morgan fingerprint density at radius 1 is 0.625 bits per heavy atom. The number of hydrogen-bond donors (Lipinski definition) is 2. The van der Waals surface area contributed by atoms with E-state index in [9.17, 15) is 5.21 Å². The van der Waals surface area contributed by atoms with Crippen LogP contribution in [-0.2, 0) is 0 Å². The zero-order valence-corrected chi connectivity index (χ0v) is 16.1. The maximum atomic E-state index is 11.2. The molecule has 0 saturated heterocycles. The van der Waals surface area contributed by atoms with Gasteiger partial charge in [0.15, 0.2) is 6.29 Å². The molecule has 0 aliphatic rings. The molecule has 2 N–H and O–H groups in total. The van der Waals surface area contributed by atoms with Crippen molar-refractivity contribution < 1.29 is 10.2 Å². The van der Waals surface area contributed by atoms with Crippen LogP contribution >= 0.6 is 0 Å². The van der Waals surface area contributed by atoms with E-state index >= 15 is 0 Å². The number of hydroxylamine groups is 2. The zero-order valence-electron chi connectivity index (χ0n) is 16.1. The van der Waals surface area contributed by atoms with Crippen molar-refractivity contribution in [2.24, 2.45) is 0 Å². The van der Waals surface area contributed by atoms with Gasteiger partial charge < -0.3 is 20.5 Å². The van der Waals surface area contributed by atoms with Gasteiger partial charge in [-0.15, -0.1) is 0 Å². The summed E-state index contributed by atoms with van der Waals surface area (Å²) in [6.07, 6.45) is 19.6. The molecule has 0 aliphatic heterocycles. The molecule has 0 rings (SSSR count). The standard InChI is InChI=1S/C20H42NO3/c1-2-3-4-5-6-7-8-9-10-11-12-13-14-15-16-17-18-21(24)19-20(22)23/h20,22-23H,2-19H2,1H3/q-1. The number of unbranched alkanes of at least 4 members (excludes halogenated alkanes) is 15. The van der Waals surface area contributed by atoms with Gasteiger partial charge in [0.05, 0.1) is 0 Å². The molecule has 0 bridgehead atoms. The number of nitrogens with zero attached hydrogens (tertiary/aromatic N) is 1. The number of hydrogen-bond acceptors (Lipinski definition) is 4. The Hall–Kier alpha value is -0.160. The maximum Gasteiger partial charge on any atom is 0.163 e. The molecule has 0 aromatic carbocycles. The predicted octanol–water partition coefficient (Wildman–Crippen LogP) is 5.36. The van der Waals surface area contributed by atoms with E-state index in [1.54, 1.807) is 0 Å². The normalized spacial score (nSPS) is 11.8. The van der Waals surface area contributed by atoms with Crippen LogP contribution < -0.4 is 0 Å². The Bertz CT molecular complexity index is 237. The van der Waals surface area contributed by atoms with Crippen molar-refractivity contribution in [2.45, 2.75) is 116 Å². The fourth-order valence-electron chi connectivity index (χ4n) is 3.11. The fourth-order valence-corrected chi connectivity index (χ4v) is 3.11. The van der Waals surface area contributed by atoms with Gasteiger partial charge in [-0.25, -0.2) is 0 Å². The van der Waals surface area contributed by atoms with Crippen LogP contribution in [0.15, 0.2) is 0 Å². The SMILES string of the molecule is CCCCCCCCCCCCCCCCCCN([O-])CC(O)O. The molecule has 0 aromatic heterocycles. The largest absolute Gasteiger partial charge is 0.785 e. The molecule has 0 aliphatic carbocycles. The van der Waals surface area contributed by atoms with E-state index < -0.39 is 6.29 Å². The van der Waals surface area contributed by atoms with Crippen molar-refractivity contribution in [1.82, 2.24) is 5.06 Å². The van der Waals surface area contributed by atoms with Gasteiger partial charge in [-0.3, -0.25) is 0 Å². The lowest BCUT2D eigenvalue weighted by atomic mass is 10.0. The van der Waals surface area contributed by atoms with Crippen LogP contribution in [0.4, 0.5) is 0 Å². The minimum absolute atomic E-state index is 0.196. The first-order valence-corrected chi connectivity index (χ1v) is 10.4. The van der Waals surface area contributed by atoms with Crippen LogP contribution in [0.3, 0.4) is 0 Å². The Labute approximate surface area is 150 Å². The van der Waals surface area contributed by atoms with E-state index in [2.05, 4.69) is 6.92 Å². The highest BCUT2D eigenvalue weighted by Crippen LogP contribution is 2.13. The lowest BCUT2D eigenvalue weighted by Gasteiger charge is -2.28. The summed E-state index contributed by atoms with van der Waals surface area (Å²) in [7, 11) is 0.